The van der Waals surface area contributed by atoms with Crippen molar-refractivity contribution in [3.05, 3.63) is 52.8 Å². The van der Waals surface area contributed by atoms with Gasteiger partial charge in [-0.05, 0) is 36.8 Å². The maximum absolute atomic E-state index is 12.1. The van der Waals surface area contributed by atoms with Crippen molar-refractivity contribution in [3.8, 4) is 6.07 Å². The van der Waals surface area contributed by atoms with Crippen molar-refractivity contribution in [2.24, 2.45) is 0 Å². The van der Waals surface area contributed by atoms with E-state index in [9.17, 15) is 8.42 Å². The standard InChI is InChI=1S/C13H10ClN3O2S/c1-9-2-5-13(12(14)6-9)17-20(18,19)11-4-3-10(7-15)16-8-11/h2-6,8,17H,1H3. The number of nitrogens with zero attached hydrogens (tertiary/aromatic N) is 2. The molecule has 102 valence electrons. The fourth-order valence-electron chi connectivity index (χ4n) is 1.51. The maximum atomic E-state index is 12.1. The van der Waals surface area contributed by atoms with Crippen molar-refractivity contribution in [3.63, 3.8) is 0 Å². The third-order valence-corrected chi connectivity index (χ3v) is 4.19. The van der Waals surface area contributed by atoms with Crippen LogP contribution in [0.3, 0.4) is 0 Å². The molecule has 0 aliphatic rings. The molecule has 1 aromatic carbocycles. The molecule has 5 nitrogen and oxygen atoms in total. The van der Waals surface area contributed by atoms with Crippen LogP contribution in [0.25, 0.3) is 0 Å². The van der Waals surface area contributed by atoms with Crippen LogP contribution in [0.1, 0.15) is 11.3 Å². The minimum absolute atomic E-state index is 0.0341. The predicted molar refractivity (Wildman–Crippen MR) is 75.9 cm³/mol. The van der Waals surface area contributed by atoms with Gasteiger partial charge in [-0.3, -0.25) is 4.72 Å². The molecule has 2 rings (SSSR count). The van der Waals surface area contributed by atoms with Crippen LogP contribution < -0.4 is 4.72 Å². The number of sulfonamides is 1. The van der Waals surface area contributed by atoms with Crippen LogP contribution >= 0.6 is 11.6 Å². The monoisotopic (exact) mass is 307 g/mol. The van der Waals surface area contributed by atoms with Crippen LogP contribution in [0.5, 0.6) is 0 Å². The molecule has 0 saturated heterocycles. The molecule has 0 amide bonds. The smallest absolute Gasteiger partial charge is 0.263 e. The van der Waals surface area contributed by atoms with E-state index in [0.717, 1.165) is 11.8 Å². The lowest BCUT2D eigenvalue weighted by Crippen LogP contribution is -2.13. The summed E-state index contributed by atoms with van der Waals surface area (Å²) in [4.78, 5) is 3.69. The second-order valence-electron chi connectivity index (χ2n) is 4.08. The molecule has 1 heterocycles. The SMILES string of the molecule is Cc1ccc(NS(=O)(=O)c2ccc(C#N)nc2)c(Cl)c1. The van der Waals surface area contributed by atoms with Crippen molar-refractivity contribution in [2.45, 2.75) is 11.8 Å². The first kappa shape index (κ1) is 14.3. The highest BCUT2D eigenvalue weighted by atomic mass is 35.5. The number of aromatic nitrogens is 1. The van der Waals surface area contributed by atoms with E-state index in [1.807, 2.05) is 13.0 Å². The van der Waals surface area contributed by atoms with Crippen LogP contribution in [-0.2, 0) is 10.0 Å². The van der Waals surface area contributed by atoms with Crippen LogP contribution in [-0.4, -0.2) is 13.4 Å². The zero-order valence-corrected chi connectivity index (χ0v) is 12.0. The minimum atomic E-state index is -3.78. The second-order valence-corrected chi connectivity index (χ2v) is 6.17. The van der Waals surface area contributed by atoms with E-state index < -0.39 is 10.0 Å². The third kappa shape index (κ3) is 3.07. The van der Waals surface area contributed by atoms with Gasteiger partial charge in [0.05, 0.1) is 10.7 Å². The van der Waals surface area contributed by atoms with Gasteiger partial charge in [0.15, 0.2) is 0 Å². The first-order valence-corrected chi connectivity index (χ1v) is 7.43. The maximum Gasteiger partial charge on any atom is 0.263 e. The molecule has 0 saturated carbocycles. The number of pyridine rings is 1. The zero-order chi connectivity index (χ0) is 14.8. The summed E-state index contributed by atoms with van der Waals surface area (Å²) in [5.74, 6) is 0. The number of hydrogen-bond acceptors (Lipinski definition) is 4. The second kappa shape index (κ2) is 5.49. The molecule has 7 heteroatoms. The fourth-order valence-corrected chi connectivity index (χ4v) is 2.87. The summed E-state index contributed by atoms with van der Waals surface area (Å²) in [6.45, 7) is 1.86. The largest absolute Gasteiger partial charge is 0.278 e. The van der Waals surface area contributed by atoms with E-state index in [1.54, 1.807) is 18.2 Å². The van der Waals surface area contributed by atoms with Crippen molar-refractivity contribution in [1.82, 2.24) is 4.98 Å². The van der Waals surface area contributed by atoms with Gasteiger partial charge in [-0.25, -0.2) is 13.4 Å². The molecular formula is C13H10ClN3O2S. The summed E-state index contributed by atoms with van der Waals surface area (Å²) < 4.78 is 26.7. The average molecular weight is 308 g/mol. The van der Waals surface area contributed by atoms with Gasteiger partial charge in [-0.2, -0.15) is 5.26 Å². The van der Waals surface area contributed by atoms with E-state index in [0.29, 0.717) is 10.7 Å². The molecule has 0 bridgehead atoms. The molecule has 0 radical (unpaired) electrons. The Labute approximate surface area is 121 Å². The summed E-state index contributed by atoms with van der Waals surface area (Å²) >= 11 is 5.99. The Hall–Kier alpha value is -2.10. The molecule has 1 aromatic heterocycles. The number of nitriles is 1. The lowest BCUT2D eigenvalue weighted by molar-refractivity contribution is 0.601. The Balaban J connectivity index is 2.33. The van der Waals surface area contributed by atoms with Gasteiger partial charge >= 0.3 is 0 Å². The molecule has 0 spiro atoms. The summed E-state index contributed by atoms with van der Waals surface area (Å²) in [6.07, 6.45) is 1.13. The van der Waals surface area contributed by atoms with Gasteiger partial charge < -0.3 is 0 Å². The average Bonchev–Trinajstić information content (AvgIpc) is 2.42. The number of hydrogen-bond donors (Lipinski definition) is 1. The molecule has 20 heavy (non-hydrogen) atoms. The van der Waals surface area contributed by atoms with Gasteiger partial charge in [0.1, 0.15) is 16.7 Å². The summed E-state index contributed by atoms with van der Waals surface area (Å²) in [6, 6.07) is 9.48. The number of aryl methyl sites for hydroxylation is 1. The number of benzene rings is 1. The Morgan fingerprint density at radius 2 is 2.05 bits per heavy atom. The summed E-state index contributed by atoms with van der Waals surface area (Å²) in [5.41, 5.74) is 1.37. The van der Waals surface area contributed by atoms with Gasteiger partial charge in [0.2, 0.25) is 0 Å². The Morgan fingerprint density at radius 1 is 1.30 bits per heavy atom. The van der Waals surface area contributed by atoms with E-state index in [2.05, 4.69) is 9.71 Å². The number of nitrogens with one attached hydrogen (secondary N) is 1. The molecule has 0 unspecified atom stereocenters. The molecule has 0 fully saturated rings. The molecule has 0 aliphatic carbocycles. The van der Waals surface area contributed by atoms with E-state index >= 15 is 0 Å². The van der Waals surface area contributed by atoms with E-state index in [4.69, 9.17) is 16.9 Å². The van der Waals surface area contributed by atoms with Gasteiger partial charge in [0, 0.05) is 6.20 Å². The fraction of sp³-hybridized carbons (Fsp3) is 0.0769. The van der Waals surface area contributed by atoms with E-state index in [-0.39, 0.29) is 10.6 Å². The van der Waals surface area contributed by atoms with Crippen LogP contribution in [0.4, 0.5) is 5.69 Å². The van der Waals surface area contributed by atoms with E-state index in [1.165, 1.54) is 12.1 Å². The quantitative estimate of drug-likeness (QED) is 0.945. The highest BCUT2D eigenvalue weighted by Crippen LogP contribution is 2.25. The Kier molecular flexibility index (Phi) is 3.93. The zero-order valence-electron chi connectivity index (χ0n) is 10.5. The highest BCUT2D eigenvalue weighted by Gasteiger charge is 2.16. The van der Waals surface area contributed by atoms with Crippen LogP contribution in [0.15, 0.2) is 41.4 Å². The number of anilines is 1. The molecule has 2 aromatic rings. The van der Waals surface area contributed by atoms with Gasteiger partial charge in [0.25, 0.3) is 10.0 Å². The molecule has 0 atom stereocenters. The first-order valence-electron chi connectivity index (χ1n) is 5.57. The van der Waals surface area contributed by atoms with Crippen molar-refractivity contribution in [2.75, 3.05) is 4.72 Å². The Bertz CT molecular complexity index is 780. The molecule has 0 aliphatic heterocycles. The first-order chi connectivity index (χ1) is 9.42. The molecule has 1 N–H and O–H groups in total. The van der Waals surface area contributed by atoms with Crippen LogP contribution in [0, 0.1) is 18.3 Å². The lowest BCUT2D eigenvalue weighted by atomic mass is 10.2. The summed E-state index contributed by atoms with van der Waals surface area (Å²) in [5, 5.41) is 8.95. The summed E-state index contributed by atoms with van der Waals surface area (Å²) in [7, 11) is -3.78. The van der Waals surface area contributed by atoms with Gasteiger partial charge in [-0.15, -0.1) is 0 Å². The topological polar surface area (TPSA) is 82.9 Å². The van der Waals surface area contributed by atoms with Crippen molar-refractivity contribution in [1.29, 1.82) is 5.26 Å². The normalized spacial score (nSPS) is 10.8. The minimum Gasteiger partial charge on any atom is -0.278 e. The van der Waals surface area contributed by atoms with Crippen LogP contribution in [0.2, 0.25) is 5.02 Å². The van der Waals surface area contributed by atoms with Gasteiger partial charge in [-0.1, -0.05) is 17.7 Å². The highest BCUT2D eigenvalue weighted by molar-refractivity contribution is 7.92. The number of rotatable bonds is 3. The van der Waals surface area contributed by atoms with Crippen molar-refractivity contribution >= 4 is 27.3 Å². The Morgan fingerprint density at radius 3 is 2.60 bits per heavy atom. The lowest BCUT2D eigenvalue weighted by Gasteiger charge is -2.09. The number of halogens is 1. The predicted octanol–water partition coefficient (Wildman–Crippen LogP) is 2.72. The molecular weight excluding hydrogens is 298 g/mol. The third-order valence-electron chi connectivity index (χ3n) is 2.53. The van der Waals surface area contributed by atoms with Crippen molar-refractivity contribution < 1.29 is 8.42 Å².